The highest BCUT2D eigenvalue weighted by molar-refractivity contribution is 5.90. The monoisotopic (exact) mass is 393 g/mol. The summed E-state index contributed by atoms with van der Waals surface area (Å²) in [7, 11) is 0. The van der Waals surface area contributed by atoms with Crippen LogP contribution < -0.4 is 5.32 Å². The van der Waals surface area contributed by atoms with Gasteiger partial charge in [-0.2, -0.15) is 0 Å². The molecule has 2 aromatic carbocycles. The maximum absolute atomic E-state index is 12.7. The lowest BCUT2D eigenvalue weighted by atomic mass is 10.1. The Bertz CT molecular complexity index is 941. The number of ether oxygens (including phenoxy) is 1. The van der Waals surface area contributed by atoms with Gasteiger partial charge in [-0.05, 0) is 61.6 Å². The van der Waals surface area contributed by atoms with E-state index in [1.165, 1.54) is 22.3 Å². The number of rotatable bonds is 1. The van der Waals surface area contributed by atoms with Crippen molar-refractivity contribution in [2.45, 2.75) is 32.8 Å². The third-order valence-electron chi connectivity index (χ3n) is 5.26. The number of benzene rings is 2. The first-order chi connectivity index (χ1) is 13.8. The zero-order valence-corrected chi connectivity index (χ0v) is 17.2. The van der Waals surface area contributed by atoms with E-state index in [-0.39, 0.29) is 12.1 Å². The predicted octanol–water partition coefficient (Wildman–Crippen LogP) is 4.34. The van der Waals surface area contributed by atoms with Crippen molar-refractivity contribution in [1.29, 1.82) is 0 Å². The topological polar surface area (TPSA) is 61.9 Å². The lowest BCUT2D eigenvalue weighted by Gasteiger charge is -2.35. The zero-order valence-electron chi connectivity index (χ0n) is 17.2. The predicted molar refractivity (Wildman–Crippen MR) is 113 cm³/mol. The number of carbonyl (C=O) groups is 2. The molecule has 6 nitrogen and oxygen atoms in total. The molecule has 0 unspecified atom stereocenters. The molecule has 0 radical (unpaired) electrons. The number of hydrogen-bond donors (Lipinski definition) is 1. The van der Waals surface area contributed by atoms with Crippen LogP contribution in [0.15, 0.2) is 42.5 Å². The van der Waals surface area contributed by atoms with Crippen LogP contribution in [0.1, 0.15) is 31.9 Å². The van der Waals surface area contributed by atoms with E-state index in [1.54, 1.807) is 9.80 Å². The van der Waals surface area contributed by atoms with Crippen molar-refractivity contribution in [3.05, 3.63) is 53.6 Å². The molecule has 1 N–H and O–H groups in total. The van der Waals surface area contributed by atoms with Gasteiger partial charge in [-0.1, -0.05) is 30.3 Å². The molecule has 0 bridgehead atoms. The van der Waals surface area contributed by atoms with E-state index in [0.717, 1.165) is 12.1 Å². The van der Waals surface area contributed by atoms with Crippen LogP contribution in [0.5, 0.6) is 0 Å². The molecule has 0 saturated carbocycles. The Kier molecular flexibility index (Phi) is 4.94. The molecule has 152 valence electrons. The first kappa shape index (κ1) is 19.3. The van der Waals surface area contributed by atoms with E-state index in [1.807, 2.05) is 26.8 Å². The average Bonchev–Trinajstić information content (AvgIpc) is 3.04. The van der Waals surface area contributed by atoms with E-state index in [2.05, 4.69) is 41.7 Å². The van der Waals surface area contributed by atoms with Gasteiger partial charge in [0.2, 0.25) is 0 Å². The number of hydrogen-bond acceptors (Lipinski definition) is 3. The molecule has 1 fully saturated rings. The van der Waals surface area contributed by atoms with Crippen molar-refractivity contribution in [3.63, 3.8) is 0 Å². The minimum absolute atomic E-state index is 0.135. The molecular formula is C23H27N3O3. The molecule has 29 heavy (non-hydrogen) atoms. The third-order valence-corrected chi connectivity index (χ3v) is 5.26. The highest BCUT2D eigenvalue weighted by atomic mass is 16.6. The summed E-state index contributed by atoms with van der Waals surface area (Å²) < 4.78 is 5.41. The van der Waals surface area contributed by atoms with Crippen LogP contribution >= 0.6 is 0 Å². The number of nitrogens with zero attached hydrogens (tertiary/aromatic N) is 2. The third kappa shape index (κ3) is 4.21. The molecule has 0 atom stereocenters. The Labute approximate surface area is 171 Å². The fourth-order valence-corrected chi connectivity index (χ4v) is 3.84. The molecule has 4 rings (SSSR count). The Hall–Kier alpha value is -3.02. The molecule has 1 heterocycles. The quantitative estimate of drug-likeness (QED) is 0.669. The lowest BCUT2D eigenvalue weighted by molar-refractivity contribution is 0.0174. The van der Waals surface area contributed by atoms with Gasteiger partial charge < -0.3 is 19.9 Å². The van der Waals surface area contributed by atoms with Gasteiger partial charge in [0.15, 0.2) is 0 Å². The summed E-state index contributed by atoms with van der Waals surface area (Å²) in [6.45, 7) is 7.48. The van der Waals surface area contributed by atoms with E-state index in [0.29, 0.717) is 26.2 Å². The highest BCUT2D eigenvalue weighted by Gasteiger charge is 2.28. The molecular weight excluding hydrogens is 366 g/mol. The van der Waals surface area contributed by atoms with Crippen molar-refractivity contribution >= 4 is 17.8 Å². The van der Waals surface area contributed by atoms with Crippen LogP contribution in [0.2, 0.25) is 0 Å². The second-order valence-electron chi connectivity index (χ2n) is 8.59. The Morgan fingerprint density at radius 3 is 2.28 bits per heavy atom. The summed E-state index contributed by atoms with van der Waals surface area (Å²) in [6, 6.07) is 14.4. The summed E-state index contributed by atoms with van der Waals surface area (Å²) >= 11 is 0. The second kappa shape index (κ2) is 7.43. The molecule has 2 aromatic rings. The largest absolute Gasteiger partial charge is 0.444 e. The summed E-state index contributed by atoms with van der Waals surface area (Å²) in [5, 5.41) is 3.00. The number of anilines is 1. The molecule has 6 heteroatoms. The van der Waals surface area contributed by atoms with Crippen LogP contribution in [0.25, 0.3) is 11.1 Å². The van der Waals surface area contributed by atoms with Crippen LogP contribution in [-0.4, -0.2) is 53.7 Å². The van der Waals surface area contributed by atoms with E-state index < -0.39 is 5.60 Å². The number of amides is 3. The second-order valence-corrected chi connectivity index (χ2v) is 8.59. The fraction of sp³-hybridized carbons (Fsp3) is 0.391. The Morgan fingerprint density at radius 2 is 1.55 bits per heavy atom. The van der Waals surface area contributed by atoms with Gasteiger partial charge in [0.1, 0.15) is 5.60 Å². The Balaban J connectivity index is 1.34. The summed E-state index contributed by atoms with van der Waals surface area (Å²) in [4.78, 5) is 28.2. The van der Waals surface area contributed by atoms with Gasteiger partial charge in [-0.15, -0.1) is 0 Å². The normalized spacial score (nSPS) is 15.6. The smallest absolute Gasteiger partial charge is 0.410 e. The zero-order chi connectivity index (χ0) is 20.6. The van der Waals surface area contributed by atoms with Gasteiger partial charge in [0.25, 0.3) is 0 Å². The maximum Gasteiger partial charge on any atom is 0.410 e. The van der Waals surface area contributed by atoms with E-state index in [9.17, 15) is 9.59 Å². The minimum Gasteiger partial charge on any atom is -0.444 e. The van der Waals surface area contributed by atoms with Crippen molar-refractivity contribution < 1.29 is 14.3 Å². The van der Waals surface area contributed by atoms with E-state index in [4.69, 9.17) is 4.74 Å². The molecule has 0 spiro atoms. The number of carbonyl (C=O) groups excluding carboxylic acids is 2. The minimum atomic E-state index is -0.515. The van der Waals surface area contributed by atoms with Gasteiger partial charge in [-0.3, -0.25) is 0 Å². The van der Waals surface area contributed by atoms with Crippen molar-refractivity contribution in [3.8, 4) is 11.1 Å². The highest BCUT2D eigenvalue weighted by Crippen LogP contribution is 2.37. The van der Waals surface area contributed by atoms with Gasteiger partial charge >= 0.3 is 12.1 Å². The number of urea groups is 1. The summed E-state index contributed by atoms with van der Waals surface area (Å²) in [5.41, 5.74) is 5.36. The van der Waals surface area contributed by atoms with Crippen LogP contribution in [0, 0.1) is 0 Å². The first-order valence-electron chi connectivity index (χ1n) is 10.1. The van der Waals surface area contributed by atoms with Gasteiger partial charge in [0.05, 0.1) is 0 Å². The van der Waals surface area contributed by atoms with Gasteiger partial charge in [-0.25, -0.2) is 9.59 Å². The van der Waals surface area contributed by atoms with Crippen molar-refractivity contribution in [1.82, 2.24) is 9.80 Å². The number of fused-ring (bicyclic) bond motifs is 3. The SMILES string of the molecule is CC(C)(C)OC(=O)N1CCN(C(=O)Nc2ccc3c(c2)Cc2ccccc2-3)CC1. The molecule has 1 aliphatic carbocycles. The first-order valence-corrected chi connectivity index (χ1v) is 10.1. The fourth-order valence-electron chi connectivity index (χ4n) is 3.84. The molecule has 2 aliphatic rings. The molecule has 0 aromatic heterocycles. The summed E-state index contributed by atoms with van der Waals surface area (Å²) in [5.74, 6) is 0. The van der Waals surface area contributed by atoms with Crippen LogP contribution in [0.3, 0.4) is 0 Å². The maximum atomic E-state index is 12.7. The van der Waals surface area contributed by atoms with Crippen LogP contribution in [0.4, 0.5) is 15.3 Å². The standard InChI is InChI=1S/C23H27N3O3/c1-23(2,3)29-22(28)26-12-10-25(11-13-26)21(27)24-18-8-9-20-17(15-18)14-16-6-4-5-7-19(16)20/h4-9,15H,10-14H2,1-3H3,(H,24,27). The van der Waals surface area contributed by atoms with Crippen molar-refractivity contribution in [2.24, 2.45) is 0 Å². The van der Waals surface area contributed by atoms with Crippen LogP contribution in [-0.2, 0) is 11.2 Å². The van der Waals surface area contributed by atoms with Gasteiger partial charge in [0, 0.05) is 31.9 Å². The molecule has 1 aliphatic heterocycles. The molecule has 1 saturated heterocycles. The van der Waals surface area contributed by atoms with Crippen molar-refractivity contribution in [2.75, 3.05) is 31.5 Å². The Morgan fingerprint density at radius 1 is 0.897 bits per heavy atom. The number of nitrogens with one attached hydrogen (secondary N) is 1. The van der Waals surface area contributed by atoms with E-state index >= 15 is 0 Å². The average molecular weight is 393 g/mol. The summed E-state index contributed by atoms with van der Waals surface area (Å²) in [6.07, 6.45) is 0.569. The lowest BCUT2D eigenvalue weighted by Crippen LogP contribution is -2.52. The molecule has 3 amide bonds. The number of piperazine rings is 1.